The predicted octanol–water partition coefficient (Wildman–Crippen LogP) is 1.72. The zero-order chi connectivity index (χ0) is 14.5. The first kappa shape index (κ1) is 13.8. The van der Waals surface area contributed by atoms with Crippen molar-refractivity contribution in [3.63, 3.8) is 0 Å². The van der Waals surface area contributed by atoms with Crippen molar-refractivity contribution in [2.75, 3.05) is 17.6 Å². The molecule has 1 heterocycles. The fraction of sp³-hybridized carbons (Fsp3) is 0.154. The van der Waals surface area contributed by atoms with Crippen LogP contribution in [-0.2, 0) is 0 Å². The van der Waals surface area contributed by atoms with Gasteiger partial charge in [0.15, 0.2) is 0 Å². The van der Waals surface area contributed by atoms with Crippen LogP contribution >= 0.6 is 0 Å². The van der Waals surface area contributed by atoms with Crippen LogP contribution in [0.1, 0.15) is 11.7 Å². The van der Waals surface area contributed by atoms with E-state index in [9.17, 15) is 15.2 Å². The van der Waals surface area contributed by atoms with Gasteiger partial charge in [-0.15, -0.1) is 0 Å². The number of pyridine rings is 1. The molecule has 1 unspecified atom stereocenters. The molecule has 1 aromatic carbocycles. The van der Waals surface area contributed by atoms with Crippen molar-refractivity contribution in [2.24, 2.45) is 0 Å². The van der Waals surface area contributed by atoms with Crippen molar-refractivity contribution in [2.45, 2.75) is 6.10 Å². The number of benzene rings is 1. The van der Waals surface area contributed by atoms with Gasteiger partial charge in [0, 0.05) is 12.6 Å². The summed E-state index contributed by atoms with van der Waals surface area (Å²) in [4.78, 5) is 13.9. The predicted molar refractivity (Wildman–Crippen MR) is 75.2 cm³/mol. The third kappa shape index (κ3) is 3.21. The highest BCUT2D eigenvalue weighted by molar-refractivity contribution is 5.57. The second kappa shape index (κ2) is 5.98. The number of aliphatic hydroxyl groups excluding tert-OH is 1. The van der Waals surface area contributed by atoms with Crippen molar-refractivity contribution < 1.29 is 10.0 Å². The molecule has 0 aliphatic heterocycles. The van der Waals surface area contributed by atoms with E-state index in [0.29, 0.717) is 5.82 Å². The lowest BCUT2D eigenvalue weighted by molar-refractivity contribution is -0.384. The van der Waals surface area contributed by atoms with E-state index in [0.717, 1.165) is 5.56 Å². The number of hydrogen-bond donors (Lipinski definition) is 3. The Labute approximate surface area is 115 Å². The van der Waals surface area contributed by atoms with Gasteiger partial charge in [-0.2, -0.15) is 0 Å². The first-order chi connectivity index (χ1) is 9.58. The van der Waals surface area contributed by atoms with Gasteiger partial charge >= 0.3 is 5.69 Å². The Morgan fingerprint density at radius 1 is 1.30 bits per heavy atom. The molecule has 0 spiro atoms. The fourth-order valence-corrected chi connectivity index (χ4v) is 1.71. The van der Waals surface area contributed by atoms with Crippen LogP contribution in [0.2, 0.25) is 0 Å². The highest BCUT2D eigenvalue weighted by atomic mass is 16.6. The lowest BCUT2D eigenvalue weighted by Crippen LogP contribution is -2.13. The van der Waals surface area contributed by atoms with Gasteiger partial charge in [-0.25, -0.2) is 4.98 Å². The number of nitrogens with zero attached hydrogens (tertiary/aromatic N) is 2. The summed E-state index contributed by atoms with van der Waals surface area (Å²) in [5.41, 5.74) is 6.02. The van der Waals surface area contributed by atoms with Crippen LogP contribution in [0, 0.1) is 10.1 Å². The Bertz CT molecular complexity index is 604. The van der Waals surface area contributed by atoms with E-state index in [1.165, 1.54) is 12.1 Å². The maximum atomic E-state index is 10.6. The minimum absolute atomic E-state index is 0.158. The summed E-state index contributed by atoms with van der Waals surface area (Å²) >= 11 is 0. The molecule has 7 heteroatoms. The van der Waals surface area contributed by atoms with Crippen molar-refractivity contribution in [1.82, 2.24) is 4.98 Å². The molecule has 4 N–H and O–H groups in total. The molecule has 104 valence electrons. The molecule has 0 aliphatic rings. The summed E-state index contributed by atoms with van der Waals surface area (Å²) in [6.45, 7) is 0.230. The van der Waals surface area contributed by atoms with Crippen molar-refractivity contribution in [3.05, 3.63) is 58.1 Å². The number of nitrogens with one attached hydrogen (secondary N) is 1. The largest absolute Gasteiger partial charge is 0.387 e. The second-order valence-electron chi connectivity index (χ2n) is 4.17. The van der Waals surface area contributed by atoms with E-state index in [-0.39, 0.29) is 18.1 Å². The third-order valence-corrected chi connectivity index (χ3v) is 2.76. The van der Waals surface area contributed by atoms with Crippen molar-refractivity contribution >= 4 is 17.3 Å². The number of anilines is 2. The smallest absolute Gasteiger partial charge is 0.311 e. The number of aliphatic hydroxyl groups is 1. The molecule has 2 rings (SSSR count). The molecule has 0 aliphatic carbocycles. The van der Waals surface area contributed by atoms with E-state index < -0.39 is 11.0 Å². The number of nitrogens with two attached hydrogens (primary N) is 1. The highest BCUT2D eigenvalue weighted by Crippen LogP contribution is 2.21. The zero-order valence-electron chi connectivity index (χ0n) is 10.6. The number of aromatic nitrogens is 1. The lowest BCUT2D eigenvalue weighted by Gasteiger charge is -2.12. The third-order valence-electron chi connectivity index (χ3n) is 2.76. The Balaban J connectivity index is 2.01. The van der Waals surface area contributed by atoms with Crippen LogP contribution in [0.3, 0.4) is 0 Å². The molecule has 1 atom stereocenters. The molecule has 2 aromatic rings. The Morgan fingerprint density at radius 3 is 2.60 bits per heavy atom. The fourth-order valence-electron chi connectivity index (χ4n) is 1.71. The number of rotatable bonds is 5. The van der Waals surface area contributed by atoms with Crippen LogP contribution in [0.4, 0.5) is 17.3 Å². The van der Waals surface area contributed by atoms with Crippen LogP contribution in [0.15, 0.2) is 42.5 Å². The average molecular weight is 274 g/mol. The Kier molecular flexibility index (Phi) is 4.11. The first-order valence-electron chi connectivity index (χ1n) is 5.95. The summed E-state index contributed by atoms with van der Waals surface area (Å²) in [5.74, 6) is 0.220. The summed E-state index contributed by atoms with van der Waals surface area (Å²) in [5, 5.41) is 23.5. The molecule has 20 heavy (non-hydrogen) atoms. The molecular formula is C13H14N4O3. The molecule has 0 radical (unpaired) electrons. The van der Waals surface area contributed by atoms with E-state index in [1.54, 1.807) is 0 Å². The SMILES string of the molecule is Nc1nc(NCC(O)c2ccccc2)ccc1[N+](=O)[O-]. The van der Waals surface area contributed by atoms with Gasteiger partial charge < -0.3 is 16.2 Å². The Morgan fingerprint density at radius 2 is 2.00 bits per heavy atom. The minimum atomic E-state index is -0.700. The summed E-state index contributed by atoms with van der Waals surface area (Å²) < 4.78 is 0. The van der Waals surface area contributed by atoms with Gasteiger partial charge in [0.1, 0.15) is 5.82 Å². The van der Waals surface area contributed by atoms with Crippen molar-refractivity contribution in [3.8, 4) is 0 Å². The normalized spacial score (nSPS) is 11.8. The minimum Gasteiger partial charge on any atom is -0.387 e. The molecular weight excluding hydrogens is 260 g/mol. The van der Waals surface area contributed by atoms with Crippen LogP contribution < -0.4 is 11.1 Å². The van der Waals surface area contributed by atoms with Crippen LogP contribution in [0.5, 0.6) is 0 Å². The van der Waals surface area contributed by atoms with Gasteiger partial charge in [-0.1, -0.05) is 30.3 Å². The number of nitrogen functional groups attached to an aromatic ring is 1. The maximum Gasteiger partial charge on any atom is 0.311 e. The molecule has 0 saturated carbocycles. The number of nitro groups is 1. The Hall–Kier alpha value is -2.67. The van der Waals surface area contributed by atoms with Gasteiger partial charge in [0.25, 0.3) is 0 Å². The summed E-state index contributed by atoms with van der Waals surface area (Å²) in [6.07, 6.45) is -0.700. The lowest BCUT2D eigenvalue weighted by atomic mass is 10.1. The van der Waals surface area contributed by atoms with Gasteiger partial charge in [-0.05, 0) is 11.6 Å². The zero-order valence-corrected chi connectivity index (χ0v) is 10.6. The molecule has 0 saturated heterocycles. The molecule has 0 bridgehead atoms. The topological polar surface area (TPSA) is 114 Å². The van der Waals surface area contributed by atoms with Gasteiger partial charge in [-0.3, -0.25) is 10.1 Å². The van der Waals surface area contributed by atoms with E-state index in [2.05, 4.69) is 10.3 Å². The van der Waals surface area contributed by atoms with Gasteiger partial charge in [0.2, 0.25) is 5.82 Å². The highest BCUT2D eigenvalue weighted by Gasteiger charge is 2.13. The van der Waals surface area contributed by atoms with Gasteiger partial charge in [0.05, 0.1) is 11.0 Å². The first-order valence-corrected chi connectivity index (χ1v) is 5.95. The monoisotopic (exact) mass is 274 g/mol. The van der Waals surface area contributed by atoms with E-state index in [4.69, 9.17) is 5.73 Å². The molecule has 0 fully saturated rings. The quantitative estimate of drug-likeness (QED) is 0.565. The molecule has 1 aromatic heterocycles. The van der Waals surface area contributed by atoms with E-state index in [1.807, 2.05) is 30.3 Å². The molecule has 0 amide bonds. The van der Waals surface area contributed by atoms with E-state index >= 15 is 0 Å². The van der Waals surface area contributed by atoms with Crippen LogP contribution in [0.25, 0.3) is 0 Å². The average Bonchev–Trinajstić information content (AvgIpc) is 2.45. The summed E-state index contributed by atoms with van der Waals surface area (Å²) in [6, 6.07) is 11.9. The maximum absolute atomic E-state index is 10.6. The standard InChI is InChI=1S/C13H14N4O3/c14-13-10(17(19)20)6-7-12(16-13)15-8-11(18)9-4-2-1-3-5-9/h1-7,11,18H,8H2,(H3,14,15,16). The second-order valence-corrected chi connectivity index (χ2v) is 4.17. The van der Waals surface area contributed by atoms with Crippen molar-refractivity contribution in [1.29, 1.82) is 0 Å². The number of hydrogen-bond acceptors (Lipinski definition) is 6. The van der Waals surface area contributed by atoms with Crippen LogP contribution in [-0.4, -0.2) is 21.6 Å². The molecule has 7 nitrogen and oxygen atoms in total. The summed E-state index contributed by atoms with van der Waals surface area (Å²) in [7, 11) is 0.